The molecule has 2 atom stereocenters. The van der Waals surface area contributed by atoms with Gasteiger partial charge in [0.25, 0.3) is 0 Å². The second kappa shape index (κ2) is 9.99. The normalized spacial score (nSPS) is 19.2. The van der Waals surface area contributed by atoms with Gasteiger partial charge >= 0.3 is 0 Å². The Morgan fingerprint density at radius 3 is 2.57 bits per heavy atom. The second-order valence-electron chi connectivity index (χ2n) is 4.83. The van der Waals surface area contributed by atoms with Gasteiger partial charge in [0.05, 0.1) is 39.6 Å². The topological polar surface area (TPSA) is 88.5 Å². The number of aliphatic hydroxyl groups is 2. The Bertz CT molecular complexity index is 329. The predicted molar refractivity (Wildman–Crippen MR) is 75.9 cm³/mol. The van der Waals surface area contributed by atoms with E-state index in [0.717, 1.165) is 0 Å². The molecule has 0 aromatic rings. The average molecular weight is 303 g/mol. The molecule has 7 nitrogen and oxygen atoms in total. The number of morpholine rings is 1. The number of aliphatic hydroxyl groups excluding tert-OH is 2. The lowest BCUT2D eigenvalue weighted by Crippen LogP contribution is -2.52. The van der Waals surface area contributed by atoms with Crippen LogP contribution in [0.15, 0.2) is 12.2 Å². The number of nitrogens with zero attached hydrogens (tertiary/aromatic N) is 1. The third-order valence-corrected chi connectivity index (χ3v) is 3.13. The number of ether oxygens (including phenoxy) is 3. The van der Waals surface area contributed by atoms with E-state index in [2.05, 4.69) is 6.58 Å². The molecule has 1 fully saturated rings. The van der Waals surface area contributed by atoms with Gasteiger partial charge in [0.15, 0.2) is 11.9 Å². The summed E-state index contributed by atoms with van der Waals surface area (Å²) < 4.78 is 15.8. The van der Waals surface area contributed by atoms with Crippen LogP contribution in [0.25, 0.3) is 0 Å². The van der Waals surface area contributed by atoms with Crippen LogP contribution < -0.4 is 0 Å². The van der Waals surface area contributed by atoms with E-state index in [-0.39, 0.29) is 32.2 Å². The highest BCUT2D eigenvalue weighted by Crippen LogP contribution is 2.12. The molecule has 1 saturated heterocycles. The van der Waals surface area contributed by atoms with Gasteiger partial charge in [-0.15, -0.1) is 0 Å². The average Bonchev–Trinajstić information content (AvgIpc) is 2.50. The van der Waals surface area contributed by atoms with Crippen molar-refractivity contribution in [3.05, 3.63) is 12.2 Å². The maximum absolute atomic E-state index is 12.1. The van der Waals surface area contributed by atoms with Gasteiger partial charge in [-0.1, -0.05) is 6.58 Å². The monoisotopic (exact) mass is 303 g/mol. The first-order valence-corrected chi connectivity index (χ1v) is 7.07. The van der Waals surface area contributed by atoms with Crippen LogP contribution in [0.4, 0.5) is 0 Å². The zero-order valence-electron chi connectivity index (χ0n) is 12.5. The molecular formula is C14H25NO6. The molecule has 0 aliphatic carbocycles. The Kier molecular flexibility index (Phi) is 8.67. The van der Waals surface area contributed by atoms with Crippen molar-refractivity contribution in [3.63, 3.8) is 0 Å². The van der Waals surface area contributed by atoms with Crippen LogP contribution in [0.5, 0.6) is 0 Å². The first-order valence-electron chi connectivity index (χ1n) is 7.07. The summed E-state index contributed by atoms with van der Waals surface area (Å²) in [6.45, 7) is 7.89. The summed E-state index contributed by atoms with van der Waals surface area (Å²) in [4.78, 5) is 13.9. The zero-order valence-corrected chi connectivity index (χ0v) is 12.5. The number of hydrogen-bond acceptors (Lipinski definition) is 7. The fraction of sp³-hybridized carbons (Fsp3) is 0.786. The van der Waals surface area contributed by atoms with Gasteiger partial charge in [0.2, 0.25) is 0 Å². The largest absolute Gasteiger partial charge is 0.394 e. The van der Waals surface area contributed by atoms with Crippen LogP contribution in [-0.2, 0) is 19.0 Å². The fourth-order valence-electron chi connectivity index (χ4n) is 1.97. The van der Waals surface area contributed by atoms with E-state index >= 15 is 0 Å². The molecular weight excluding hydrogens is 278 g/mol. The molecule has 21 heavy (non-hydrogen) atoms. The summed E-state index contributed by atoms with van der Waals surface area (Å²) in [5, 5.41) is 19.0. The van der Waals surface area contributed by atoms with E-state index in [1.165, 1.54) is 0 Å². The van der Waals surface area contributed by atoms with E-state index in [1.807, 2.05) is 0 Å². The SMILES string of the molecule is C=C(C)C(=O)C(OCCOCCO)C(O)N1CCOCC1. The Hall–Kier alpha value is -0.830. The molecule has 1 rings (SSSR count). The molecule has 0 aromatic carbocycles. The Labute approximate surface area is 125 Å². The summed E-state index contributed by atoms with van der Waals surface area (Å²) >= 11 is 0. The van der Waals surface area contributed by atoms with E-state index in [1.54, 1.807) is 11.8 Å². The Balaban J connectivity index is 2.54. The van der Waals surface area contributed by atoms with E-state index in [9.17, 15) is 9.90 Å². The highest BCUT2D eigenvalue weighted by molar-refractivity contribution is 5.98. The van der Waals surface area contributed by atoms with Gasteiger partial charge in [-0.05, 0) is 12.5 Å². The summed E-state index contributed by atoms with van der Waals surface area (Å²) in [5.41, 5.74) is 0.337. The molecule has 122 valence electrons. The minimum atomic E-state index is -1.03. The molecule has 0 aromatic heterocycles. The smallest absolute Gasteiger partial charge is 0.190 e. The standard InChI is InChI=1S/C14H25NO6/c1-11(2)12(17)13(21-10-9-20-8-5-16)14(18)15-3-6-19-7-4-15/h13-14,16,18H,1,3-10H2,2H3. The van der Waals surface area contributed by atoms with E-state index < -0.39 is 12.3 Å². The van der Waals surface area contributed by atoms with Gasteiger partial charge < -0.3 is 24.4 Å². The van der Waals surface area contributed by atoms with Crippen molar-refractivity contribution in [1.82, 2.24) is 4.90 Å². The van der Waals surface area contributed by atoms with Crippen LogP contribution in [0.2, 0.25) is 0 Å². The molecule has 1 aliphatic heterocycles. The lowest BCUT2D eigenvalue weighted by molar-refractivity contribution is -0.158. The first kappa shape index (κ1) is 18.2. The Morgan fingerprint density at radius 2 is 2.00 bits per heavy atom. The predicted octanol–water partition coefficient (Wildman–Crippen LogP) is -0.824. The third-order valence-electron chi connectivity index (χ3n) is 3.13. The third kappa shape index (κ3) is 6.21. The van der Waals surface area contributed by atoms with Crippen molar-refractivity contribution < 1.29 is 29.2 Å². The van der Waals surface area contributed by atoms with Crippen molar-refractivity contribution >= 4 is 5.78 Å². The number of hydrogen-bond donors (Lipinski definition) is 2. The number of rotatable bonds is 10. The number of Topliss-reactive ketones (excluding diaryl/α,β-unsaturated/α-hetero) is 1. The summed E-state index contributed by atoms with van der Waals surface area (Å²) in [7, 11) is 0. The molecule has 2 N–H and O–H groups in total. The minimum absolute atomic E-state index is 0.0650. The molecule has 1 heterocycles. The number of ketones is 1. The lowest BCUT2D eigenvalue weighted by Gasteiger charge is -2.34. The summed E-state index contributed by atoms with van der Waals surface area (Å²) in [5.74, 6) is -0.323. The van der Waals surface area contributed by atoms with Gasteiger partial charge in [-0.2, -0.15) is 0 Å². The lowest BCUT2D eigenvalue weighted by atomic mass is 10.1. The quantitative estimate of drug-likeness (QED) is 0.402. The fourth-order valence-corrected chi connectivity index (χ4v) is 1.97. The second-order valence-corrected chi connectivity index (χ2v) is 4.83. The van der Waals surface area contributed by atoms with Gasteiger partial charge in [0.1, 0.15) is 6.23 Å². The van der Waals surface area contributed by atoms with Crippen LogP contribution in [-0.4, -0.2) is 86.0 Å². The molecule has 0 radical (unpaired) electrons. The van der Waals surface area contributed by atoms with E-state index in [0.29, 0.717) is 31.9 Å². The van der Waals surface area contributed by atoms with Crippen molar-refractivity contribution in [2.45, 2.75) is 19.3 Å². The number of carbonyl (C=O) groups is 1. The summed E-state index contributed by atoms with van der Waals surface area (Å²) in [6.07, 6.45) is -2.02. The van der Waals surface area contributed by atoms with Crippen molar-refractivity contribution in [3.8, 4) is 0 Å². The molecule has 0 spiro atoms. The van der Waals surface area contributed by atoms with Crippen LogP contribution >= 0.6 is 0 Å². The molecule has 1 aliphatic rings. The molecule has 0 bridgehead atoms. The molecule has 2 unspecified atom stereocenters. The molecule has 7 heteroatoms. The van der Waals surface area contributed by atoms with Crippen molar-refractivity contribution in [2.24, 2.45) is 0 Å². The van der Waals surface area contributed by atoms with Crippen LogP contribution in [0.1, 0.15) is 6.92 Å². The van der Waals surface area contributed by atoms with Gasteiger partial charge in [-0.3, -0.25) is 9.69 Å². The highest BCUT2D eigenvalue weighted by atomic mass is 16.5. The molecule has 0 amide bonds. The van der Waals surface area contributed by atoms with Gasteiger partial charge in [-0.25, -0.2) is 0 Å². The maximum Gasteiger partial charge on any atom is 0.190 e. The maximum atomic E-state index is 12.1. The van der Waals surface area contributed by atoms with E-state index in [4.69, 9.17) is 19.3 Å². The molecule has 0 saturated carbocycles. The van der Waals surface area contributed by atoms with Crippen molar-refractivity contribution in [2.75, 3.05) is 52.7 Å². The Morgan fingerprint density at radius 1 is 1.33 bits per heavy atom. The van der Waals surface area contributed by atoms with Crippen molar-refractivity contribution in [1.29, 1.82) is 0 Å². The van der Waals surface area contributed by atoms with Gasteiger partial charge in [0, 0.05) is 13.1 Å². The summed E-state index contributed by atoms with van der Waals surface area (Å²) in [6, 6.07) is 0. The van der Waals surface area contributed by atoms with Crippen LogP contribution in [0.3, 0.4) is 0 Å². The van der Waals surface area contributed by atoms with Crippen LogP contribution in [0, 0.1) is 0 Å². The highest BCUT2D eigenvalue weighted by Gasteiger charge is 2.33. The zero-order chi connectivity index (χ0) is 15.7. The minimum Gasteiger partial charge on any atom is -0.394 e. The number of carbonyl (C=O) groups excluding carboxylic acids is 1. The first-order chi connectivity index (χ1) is 10.1.